The van der Waals surface area contributed by atoms with Crippen molar-refractivity contribution >= 4 is 11.9 Å². The van der Waals surface area contributed by atoms with E-state index in [1.54, 1.807) is 0 Å². The summed E-state index contributed by atoms with van der Waals surface area (Å²) in [4.78, 5) is 24.9. The fraction of sp³-hybridized carbons (Fsp3) is 0.333. The van der Waals surface area contributed by atoms with Crippen molar-refractivity contribution in [1.82, 2.24) is 4.90 Å². The number of nitrogens with zero attached hydrogens (tertiary/aromatic N) is 1. The van der Waals surface area contributed by atoms with Crippen LogP contribution < -0.4 is 0 Å². The van der Waals surface area contributed by atoms with Gasteiger partial charge in [-0.25, -0.2) is 4.79 Å². The van der Waals surface area contributed by atoms with Gasteiger partial charge in [0.05, 0.1) is 0 Å². The van der Waals surface area contributed by atoms with Crippen molar-refractivity contribution in [3.05, 3.63) is 47.0 Å². The lowest BCUT2D eigenvalue weighted by molar-refractivity contribution is -0.149. The van der Waals surface area contributed by atoms with Crippen LogP contribution in [0.2, 0.25) is 0 Å². The van der Waals surface area contributed by atoms with Gasteiger partial charge in [0.15, 0.2) is 0 Å². The summed E-state index contributed by atoms with van der Waals surface area (Å²) in [5.74, 6) is -1.19. The van der Waals surface area contributed by atoms with Gasteiger partial charge in [-0.1, -0.05) is 29.8 Å². The van der Waals surface area contributed by atoms with Gasteiger partial charge in [-0.15, -0.1) is 0 Å². The number of benzene rings is 1. The van der Waals surface area contributed by atoms with E-state index >= 15 is 0 Å². The molecule has 1 amide bonds. The second kappa shape index (κ2) is 5.26. The van der Waals surface area contributed by atoms with Gasteiger partial charge in [0.2, 0.25) is 5.91 Å². The highest BCUT2D eigenvalue weighted by atomic mass is 16.4. The molecular formula is C15H17NO3. The largest absolute Gasteiger partial charge is 0.480 e. The van der Waals surface area contributed by atoms with Crippen LogP contribution in [0.15, 0.2) is 35.9 Å². The number of aliphatic carboxylic acids is 1. The Labute approximate surface area is 112 Å². The van der Waals surface area contributed by atoms with Gasteiger partial charge in [0, 0.05) is 19.0 Å². The summed E-state index contributed by atoms with van der Waals surface area (Å²) in [5, 5.41) is 9.30. The van der Waals surface area contributed by atoms with E-state index in [2.05, 4.69) is 0 Å². The third-order valence-corrected chi connectivity index (χ3v) is 3.23. The highest BCUT2D eigenvalue weighted by molar-refractivity contribution is 5.92. The predicted octanol–water partition coefficient (Wildman–Crippen LogP) is 1.99. The minimum Gasteiger partial charge on any atom is -0.480 e. The van der Waals surface area contributed by atoms with Crippen molar-refractivity contribution in [3.8, 4) is 0 Å². The molecule has 0 aromatic heterocycles. The molecule has 0 radical (unpaired) electrons. The number of carboxylic acid groups (broad SMARTS) is 1. The highest BCUT2D eigenvalue weighted by Gasteiger charge is 2.33. The average Bonchev–Trinajstić information content (AvgIpc) is 2.36. The molecule has 0 saturated carbocycles. The van der Waals surface area contributed by atoms with Crippen LogP contribution in [-0.2, 0) is 22.6 Å². The number of rotatable bonds is 2. The zero-order chi connectivity index (χ0) is 14.0. The molecule has 1 N–H and O–H groups in total. The van der Waals surface area contributed by atoms with E-state index in [9.17, 15) is 14.7 Å². The van der Waals surface area contributed by atoms with E-state index < -0.39 is 12.0 Å². The molecule has 1 aliphatic heterocycles. The first-order chi connectivity index (χ1) is 8.99. The first-order valence-corrected chi connectivity index (χ1v) is 6.24. The Morgan fingerprint density at radius 3 is 2.47 bits per heavy atom. The van der Waals surface area contributed by atoms with Crippen LogP contribution >= 0.6 is 0 Å². The summed E-state index contributed by atoms with van der Waals surface area (Å²) >= 11 is 0. The summed E-state index contributed by atoms with van der Waals surface area (Å²) in [5.41, 5.74) is 2.90. The lowest BCUT2D eigenvalue weighted by atomic mass is 9.94. The number of amides is 1. The van der Waals surface area contributed by atoms with E-state index in [-0.39, 0.29) is 5.91 Å². The van der Waals surface area contributed by atoms with E-state index in [0.717, 1.165) is 16.7 Å². The van der Waals surface area contributed by atoms with Crippen LogP contribution in [0.3, 0.4) is 0 Å². The fourth-order valence-electron chi connectivity index (χ4n) is 2.31. The molecule has 4 nitrogen and oxygen atoms in total. The summed E-state index contributed by atoms with van der Waals surface area (Å²) in [6.45, 7) is 4.01. The van der Waals surface area contributed by atoms with Crippen molar-refractivity contribution in [1.29, 1.82) is 0 Å². The molecule has 0 saturated heterocycles. The van der Waals surface area contributed by atoms with Crippen LogP contribution in [0.25, 0.3) is 0 Å². The van der Waals surface area contributed by atoms with Crippen LogP contribution in [-0.4, -0.2) is 27.9 Å². The Kier molecular flexibility index (Phi) is 3.69. The Morgan fingerprint density at radius 2 is 1.89 bits per heavy atom. The second-order valence-corrected chi connectivity index (χ2v) is 5.01. The molecule has 19 heavy (non-hydrogen) atoms. The Hall–Kier alpha value is -2.10. The molecule has 0 spiro atoms. The summed E-state index contributed by atoms with van der Waals surface area (Å²) in [7, 11) is 0. The Bertz CT molecular complexity index is 544. The number of hydrogen-bond acceptors (Lipinski definition) is 2. The lowest BCUT2D eigenvalue weighted by Crippen LogP contribution is -2.48. The van der Waals surface area contributed by atoms with E-state index in [1.807, 2.05) is 38.1 Å². The summed E-state index contributed by atoms with van der Waals surface area (Å²) < 4.78 is 0. The van der Waals surface area contributed by atoms with Gasteiger partial charge >= 0.3 is 5.97 Å². The van der Waals surface area contributed by atoms with Crippen molar-refractivity contribution in [2.45, 2.75) is 32.9 Å². The molecule has 1 atom stereocenters. The van der Waals surface area contributed by atoms with Gasteiger partial charge in [-0.3, -0.25) is 4.79 Å². The molecule has 0 aliphatic carbocycles. The van der Waals surface area contributed by atoms with Crippen LogP contribution in [0.5, 0.6) is 0 Å². The normalized spacial score (nSPS) is 17.6. The SMILES string of the molecule is CC(C)=CC(=O)N1Cc2ccccc2CC1C(=O)O. The van der Waals surface area contributed by atoms with Gasteiger partial charge in [-0.2, -0.15) is 0 Å². The standard InChI is InChI=1S/C15H17NO3/c1-10(2)7-14(17)16-9-12-6-4-3-5-11(12)8-13(16)15(18)19/h3-7,13H,8-9H2,1-2H3,(H,18,19). The smallest absolute Gasteiger partial charge is 0.326 e. The number of hydrogen-bond donors (Lipinski definition) is 1. The van der Waals surface area contributed by atoms with Crippen LogP contribution in [0.1, 0.15) is 25.0 Å². The molecule has 0 fully saturated rings. The van der Waals surface area contributed by atoms with Crippen molar-refractivity contribution in [2.75, 3.05) is 0 Å². The predicted molar refractivity (Wildman–Crippen MR) is 71.6 cm³/mol. The van der Waals surface area contributed by atoms with Crippen molar-refractivity contribution < 1.29 is 14.7 Å². The molecule has 1 aliphatic rings. The number of carbonyl (C=O) groups excluding carboxylic acids is 1. The first kappa shape index (κ1) is 13.3. The summed E-state index contributed by atoms with van der Waals surface area (Å²) in [6.07, 6.45) is 1.86. The maximum absolute atomic E-state index is 12.1. The highest BCUT2D eigenvalue weighted by Crippen LogP contribution is 2.24. The second-order valence-electron chi connectivity index (χ2n) is 5.01. The number of fused-ring (bicyclic) bond motifs is 1. The Balaban J connectivity index is 2.34. The monoisotopic (exact) mass is 259 g/mol. The maximum Gasteiger partial charge on any atom is 0.326 e. The number of carbonyl (C=O) groups is 2. The minimum atomic E-state index is -0.954. The maximum atomic E-state index is 12.1. The van der Waals surface area contributed by atoms with Gasteiger partial charge in [0.1, 0.15) is 6.04 Å². The molecule has 0 bridgehead atoms. The van der Waals surface area contributed by atoms with Crippen LogP contribution in [0, 0.1) is 0 Å². The third kappa shape index (κ3) is 2.84. The van der Waals surface area contributed by atoms with E-state index in [1.165, 1.54) is 11.0 Å². The lowest BCUT2D eigenvalue weighted by Gasteiger charge is -2.33. The van der Waals surface area contributed by atoms with Crippen molar-refractivity contribution in [3.63, 3.8) is 0 Å². The molecular weight excluding hydrogens is 242 g/mol. The zero-order valence-electron chi connectivity index (χ0n) is 11.1. The quantitative estimate of drug-likeness (QED) is 0.826. The Morgan fingerprint density at radius 1 is 1.26 bits per heavy atom. The van der Waals surface area contributed by atoms with Gasteiger partial charge < -0.3 is 10.0 Å². The summed E-state index contributed by atoms with van der Waals surface area (Å²) in [6, 6.07) is 6.89. The molecule has 2 rings (SSSR count). The molecule has 1 aromatic carbocycles. The number of allylic oxidation sites excluding steroid dienone is 1. The topological polar surface area (TPSA) is 57.6 Å². The van der Waals surface area contributed by atoms with Gasteiger partial charge in [-0.05, 0) is 25.0 Å². The molecule has 1 heterocycles. The molecule has 1 unspecified atom stereocenters. The molecule has 4 heteroatoms. The zero-order valence-corrected chi connectivity index (χ0v) is 11.1. The van der Waals surface area contributed by atoms with Crippen molar-refractivity contribution in [2.24, 2.45) is 0 Å². The van der Waals surface area contributed by atoms with E-state index in [0.29, 0.717) is 13.0 Å². The molecule has 100 valence electrons. The third-order valence-electron chi connectivity index (χ3n) is 3.23. The average molecular weight is 259 g/mol. The van der Waals surface area contributed by atoms with Crippen LogP contribution in [0.4, 0.5) is 0 Å². The molecule has 1 aromatic rings. The minimum absolute atomic E-state index is 0.234. The van der Waals surface area contributed by atoms with E-state index in [4.69, 9.17) is 0 Å². The number of carboxylic acids is 1. The first-order valence-electron chi connectivity index (χ1n) is 6.24. The fourth-order valence-corrected chi connectivity index (χ4v) is 2.31. The van der Waals surface area contributed by atoms with Gasteiger partial charge in [0.25, 0.3) is 0 Å².